The Kier molecular flexibility index (Phi) is 7.14. The van der Waals surface area contributed by atoms with Gasteiger partial charge in [0.25, 0.3) is 0 Å². The monoisotopic (exact) mass is 300 g/mol. The minimum Gasteiger partial charge on any atom is -0.301 e. The lowest BCUT2D eigenvalue weighted by Crippen LogP contribution is -2.47. The molecule has 0 amide bonds. The van der Waals surface area contributed by atoms with E-state index in [4.69, 9.17) is 0 Å². The highest BCUT2D eigenvalue weighted by molar-refractivity contribution is 5.14. The number of hydrogen-bond acceptors (Lipinski definition) is 2. The first kappa shape index (κ1) is 17.2. The van der Waals surface area contributed by atoms with Gasteiger partial charge in [-0.15, -0.1) is 0 Å². The molecule has 1 aromatic carbocycles. The number of piperazine rings is 1. The van der Waals surface area contributed by atoms with Gasteiger partial charge in [-0.25, -0.2) is 0 Å². The van der Waals surface area contributed by atoms with E-state index in [-0.39, 0.29) is 0 Å². The summed E-state index contributed by atoms with van der Waals surface area (Å²) in [6, 6.07) is 10.8. The van der Waals surface area contributed by atoms with Gasteiger partial charge in [0.05, 0.1) is 0 Å². The summed E-state index contributed by atoms with van der Waals surface area (Å²) in [7, 11) is 0. The van der Waals surface area contributed by atoms with Gasteiger partial charge in [-0.1, -0.05) is 48.9 Å². The van der Waals surface area contributed by atoms with Crippen LogP contribution in [0, 0.1) is 5.92 Å². The standard InChI is InChI=1S/C20H32N2/c1-18(2)8-7-9-19(3)16-21-12-14-22(15-13-21)17-20-10-5-4-6-11-20/h4-6,8,10-11,19H,7,9,12-17H2,1-3H3/t19-/m1/s1. The van der Waals surface area contributed by atoms with E-state index in [9.17, 15) is 0 Å². The molecule has 0 spiro atoms. The number of allylic oxidation sites excluding steroid dienone is 2. The molecule has 0 unspecified atom stereocenters. The van der Waals surface area contributed by atoms with Crippen LogP contribution < -0.4 is 0 Å². The highest BCUT2D eigenvalue weighted by Gasteiger charge is 2.18. The van der Waals surface area contributed by atoms with Crippen molar-refractivity contribution in [1.82, 2.24) is 9.80 Å². The zero-order chi connectivity index (χ0) is 15.8. The van der Waals surface area contributed by atoms with E-state index in [2.05, 4.69) is 67.0 Å². The third-order valence-electron chi connectivity index (χ3n) is 4.50. The molecule has 1 aliphatic heterocycles. The SMILES string of the molecule is CC(C)=CCC[C@@H](C)CN1CCN(Cc2ccccc2)CC1. The summed E-state index contributed by atoms with van der Waals surface area (Å²) in [6.45, 7) is 14.0. The molecule has 2 rings (SSSR count). The van der Waals surface area contributed by atoms with Crippen LogP contribution in [0.2, 0.25) is 0 Å². The second-order valence-corrected chi connectivity index (χ2v) is 7.03. The Morgan fingerprint density at radius 2 is 1.68 bits per heavy atom. The predicted octanol–water partition coefficient (Wildman–Crippen LogP) is 4.19. The minimum absolute atomic E-state index is 0.802. The highest BCUT2D eigenvalue weighted by Crippen LogP contribution is 2.13. The van der Waals surface area contributed by atoms with Crippen molar-refractivity contribution in [3.8, 4) is 0 Å². The molecular formula is C20H32N2. The van der Waals surface area contributed by atoms with Crippen LogP contribution in [0.1, 0.15) is 39.2 Å². The molecule has 1 fully saturated rings. The second-order valence-electron chi connectivity index (χ2n) is 7.03. The van der Waals surface area contributed by atoms with E-state index < -0.39 is 0 Å². The van der Waals surface area contributed by atoms with Crippen LogP contribution in [0.25, 0.3) is 0 Å². The van der Waals surface area contributed by atoms with E-state index in [1.165, 1.54) is 56.7 Å². The van der Waals surface area contributed by atoms with Crippen molar-refractivity contribution >= 4 is 0 Å². The van der Waals surface area contributed by atoms with Crippen molar-refractivity contribution < 1.29 is 0 Å². The van der Waals surface area contributed by atoms with Crippen LogP contribution in [-0.2, 0) is 6.54 Å². The summed E-state index contributed by atoms with van der Waals surface area (Å²) in [6.07, 6.45) is 4.92. The van der Waals surface area contributed by atoms with Crippen LogP contribution in [0.4, 0.5) is 0 Å². The van der Waals surface area contributed by atoms with E-state index in [0.29, 0.717) is 0 Å². The van der Waals surface area contributed by atoms with Gasteiger partial charge in [-0.3, -0.25) is 4.90 Å². The molecule has 0 bridgehead atoms. The van der Waals surface area contributed by atoms with Crippen LogP contribution in [0.15, 0.2) is 42.0 Å². The number of hydrogen-bond donors (Lipinski definition) is 0. The Hall–Kier alpha value is -1.12. The number of nitrogens with zero attached hydrogens (tertiary/aromatic N) is 2. The van der Waals surface area contributed by atoms with Crippen molar-refractivity contribution in [2.24, 2.45) is 5.92 Å². The van der Waals surface area contributed by atoms with Gasteiger partial charge in [-0.05, 0) is 38.2 Å². The van der Waals surface area contributed by atoms with E-state index in [1.807, 2.05) is 0 Å². The van der Waals surface area contributed by atoms with Crippen LogP contribution >= 0.6 is 0 Å². The van der Waals surface area contributed by atoms with Crippen molar-refractivity contribution in [3.05, 3.63) is 47.5 Å². The summed E-state index contributed by atoms with van der Waals surface area (Å²) in [4.78, 5) is 5.23. The Morgan fingerprint density at radius 1 is 1.05 bits per heavy atom. The van der Waals surface area contributed by atoms with E-state index >= 15 is 0 Å². The Labute approximate surface area is 136 Å². The van der Waals surface area contributed by atoms with Crippen molar-refractivity contribution in [1.29, 1.82) is 0 Å². The first-order chi connectivity index (χ1) is 10.6. The first-order valence-electron chi connectivity index (χ1n) is 8.75. The van der Waals surface area contributed by atoms with Crippen molar-refractivity contribution in [2.75, 3.05) is 32.7 Å². The molecule has 0 radical (unpaired) electrons. The Balaban J connectivity index is 1.65. The molecule has 2 heteroatoms. The van der Waals surface area contributed by atoms with Crippen molar-refractivity contribution in [2.45, 2.75) is 40.2 Å². The number of benzene rings is 1. The maximum atomic E-state index is 2.65. The summed E-state index contributed by atoms with van der Waals surface area (Å²) < 4.78 is 0. The predicted molar refractivity (Wildman–Crippen MR) is 96.0 cm³/mol. The highest BCUT2D eigenvalue weighted by atomic mass is 15.3. The summed E-state index contributed by atoms with van der Waals surface area (Å²) in [5.74, 6) is 0.802. The molecule has 1 saturated heterocycles. The fourth-order valence-corrected chi connectivity index (χ4v) is 3.16. The fraction of sp³-hybridized carbons (Fsp3) is 0.600. The quantitative estimate of drug-likeness (QED) is 0.697. The molecule has 0 aromatic heterocycles. The topological polar surface area (TPSA) is 6.48 Å². The smallest absolute Gasteiger partial charge is 0.0234 e. The maximum Gasteiger partial charge on any atom is 0.0234 e. The molecule has 1 atom stereocenters. The lowest BCUT2D eigenvalue weighted by molar-refractivity contribution is 0.114. The third-order valence-corrected chi connectivity index (χ3v) is 4.50. The normalized spacial score (nSPS) is 18.1. The second kappa shape index (κ2) is 9.12. The first-order valence-corrected chi connectivity index (χ1v) is 8.75. The summed E-state index contributed by atoms with van der Waals surface area (Å²) >= 11 is 0. The molecule has 1 aliphatic rings. The van der Waals surface area contributed by atoms with Crippen molar-refractivity contribution in [3.63, 3.8) is 0 Å². The molecule has 1 heterocycles. The Bertz CT molecular complexity index is 440. The molecular weight excluding hydrogens is 268 g/mol. The number of rotatable bonds is 7. The molecule has 0 aliphatic carbocycles. The van der Waals surface area contributed by atoms with Gasteiger partial charge in [0.15, 0.2) is 0 Å². The van der Waals surface area contributed by atoms with Crippen LogP contribution in [-0.4, -0.2) is 42.5 Å². The molecule has 0 N–H and O–H groups in total. The van der Waals surface area contributed by atoms with Gasteiger partial charge in [-0.2, -0.15) is 0 Å². The molecule has 2 nitrogen and oxygen atoms in total. The van der Waals surface area contributed by atoms with Crippen LogP contribution in [0.3, 0.4) is 0 Å². The van der Waals surface area contributed by atoms with E-state index in [0.717, 1.165) is 12.5 Å². The van der Waals surface area contributed by atoms with Gasteiger partial charge >= 0.3 is 0 Å². The lowest BCUT2D eigenvalue weighted by Gasteiger charge is -2.36. The Morgan fingerprint density at radius 3 is 2.32 bits per heavy atom. The average Bonchev–Trinajstić information content (AvgIpc) is 2.50. The molecule has 0 saturated carbocycles. The van der Waals surface area contributed by atoms with E-state index in [1.54, 1.807) is 0 Å². The van der Waals surface area contributed by atoms with Gasteiger partial charge in [0.2, 0.25) is 0 Å². The molecule has 122 valence electrons. The zero-order valence-corrected chi connectivity index (χ0v) is 14.6. The third kappa shape index (κ3) is 6.33. The molecule has 22 heavy (non-hydrogen) atoms. The largest absolute Gasteiger partial charge is 0.301 e. The summed E-state index contributed by atoms with van der Waals surface area (Å²) in [5.41, 5.74) is 2.88. The summed E-state index contributed by atoms with van der Waals surface area (Å²) in [5, 5.41) is 0. The van der Waals surface area contributed by atoms with Gasteiger partial charge in [0.1, 0.15) is 0 Å². The minimum atomic E-state index is 0.802. The molecule has 1 aromatic rings. The average molecular weight is 300 g/mol. The van der Waals surface area contributed by atoms with Crippen LogP contribution in [0.5, 0.6) is 0 Å². The maximum absolute atomic E-state index is 2.65. The van der Waals surface area contributed by atoms with Gasteiger partial charge < -0.3 is 4.90 Å². The zero-order valence-electron chi connectivity index (χ0n) is 14.6. The van der Waals surface area contributed by atoms with Gasteiger partial charge in [0, 0.05) is 39.3 Å². The lowest BCUT2D eigenvalue weighted by atomic mass is 10.0. The fourth-order valence-electron chi connectivity index (χ4n) is 3.16.